The van der Waals surface area contributed by atoms with Crippen LogP contribution in [-0.4, -0.2) is 53.0 Å². The Balaban J connectivity index is 1.92. The molecule has 0 saturated carbocycles. The Labute approximate surface area is 102 Å². The molecule has 1 aromatic rings. The van der Waals surface area contributed by atoms with Gasteiger partial charge in [0.05, 0.1) is 19.8 Å². The lowest BCUT2D eigenvalue weighted by Gasteiger charge is -2.30. The topological polar surface area (TPSA) is 50.5 Å². The van der Waals surface area contributed by atoms with Crippen molar-refractivity contribution in [3.8, 4) is 0 Å². The maximum Gasteiger partial charge on any atom is 0.122 e. The van der Waals surface area contributed by atoms with Crippen LogP contribution >= 0.6 is 0 Å². The van der Waals surface area contributed by atoms with Crippen LogP contribution in [0.2, 0.25) is 0 Å². The first-order valence-corrected chi connectivity index (χ1v) is 5.99. The van der Waals surface area contributed by atoms with Crippen LogP contribution in [0.1, 0.15) is 12.2 Å². The third-order valence-corrected chi connectivity index (χ3v) is 3.46. The lowest BCUT2D eigenvalue weighted by atomic mass is 9.88. The summed E-state index contributed by atoms with van der Waals surface area (Å²) in [6, 6.07) is 0. The average Bonchev–Trinajstić information content (AvgIpc) is 2.90. The van der Waals surface area contributed by atoms with Crippen LogP contribution in [0.25, 0.3) is 0 Å². The van der Waals surface area contributed by atoms with E-state index in [1.54, 1.807) is 0 Å². The maximum absolute atomic E-state index is 9.52. The van der Waals surface area contributed by atoms with E-state index in [0.717, 1.165) is 31.9 Å². The summed E-state index contributed by atoms with van der Waals surface area (Å²) in [5.74, 6) is 1.04. The van der Waals surface area contributed by atoms with Crippen molar-refractivity contribution >= 4 is 0 Å². The van der Waals surface area contributed by atoms with Gasteiger partial charge in [0.15, 0.2) is 0 Å². The van der Waals surface area contributed by atoms with Gasteiger partial charge in [0.1, 0.15) is 5.82 Å². The normalized spacial score (nSPS) is 24.7. The van der Waals surface area contributed by atoms with Crippen molar-refractivity contribution in [2.75, 3.05) is 33.4 Å². The van der Waals surface area contributed by atoms with Crippen molar-refractivity contribution < 1.29 is 9.84 Å². The smallest absolute Gasteiger partial charge is 0.122 e. The number of ether oxygens (including phenoxy) is 1. The number of aliphatic hydroxyl groups is 1. The number of rotatable bonds is 5. The second-order valence-electron chi connectivity index (χ2n) is 5.09. The highest BCUT2D eigenvalue weighted by molar-refractivity contribution is 4.92. The number of aromatic nitrogens is 2. The first-order valence-electron chi connectivity index (χ1n) is 5.99. The molecule has 0 bridgehead atoms. The molecular weight excluding hydrogens is 218 g/mol. The van der Waals surface area contributed by atoms with Crippen LogP contribution in [0.4, 0.5) is 0 Å². The van der Waals surface area contributed by atoms with Gasteiger partial charge in [-0.3, -0.25) is 4.90 Å². The lowest BCUT2D eigenvalue weighted by molar-refractivity contribution is 0.0616. The second-order valence-corrected chi connectivity index (χ2v) is 5.09. The fourth-order valence-corrected chi connectivity index (χ4v) is 2.37. The van der Waals surface area contributed by atoms with Gasteiger partial charge in [-0.1, -0.05) is 0 Å². The van der Waals surface area contributed by atoms with Gasteiger partial charge in [-0.2, -0.15) is 0 Å². The Morgan fingerprint density at radius 2 is 2.47 bits per heavy atom. The summed E-state index contributed by atoms with van der Waals surface area (Å²) in [5, 5.41) is 9.52. The third kappa shape index (κ3) is 2.86. The van der Waals surface area contributed by atoms with Crippen molar-refractivity contribution in [1.82, 2.24) is 14.5 Å². The molecule has 0 aliphatic carbocycles. The van der Waals surface area contributed by atoms with E-state index in [9.17, 15) is 5.11 Å². The molecule has 1 saturated heterocycles. The van der Waals surface area contributed by atoms with Crippen molar-refractivity contribution in [2.45, 2.75) is 13.0 Å². The minimum atomic E-state index is -0.0834. The predicted molar refractivity (Wildman–Crippen MR) is 64.5 cm³/mol. The standard InChI is InChI=1S/C12H21N3O2/c1-14(7-11-13-4-5-15(11)2)8-12(9-16)3-6-17-10-12/h4-5,16H,3,6-10H2,1-2H3. The number of aryl methyl sites for hydroxylation is 1. The molecule has 5 nitrogen and oxygen atoms in total. The summed E-state index contributed by atoms with van der Waals surface area (Å²) < 4.78 is 7.42. The highest BCUT2D eigenvalue weighted by Crippen LogP contribution is 2.29. The lowest BCUT2D eigenvalue weighted by Crippen LogP contribution is -2.39. The molecule has 17 heavy (non-hydrogen) atoms. The van der Waals surface area contributed by atoms with Gasteiger partial charge in [0.25, 0.3) is 0 Å². The SMILES string of the molecule is CN(Cc1nccn1C)CC1(CO)CCOC1. The van der Waals surface area contributed by atoms with Gasteiger partial charge in [-0.25, -0.2) is 4.98 Å². The van der Waals surface area contributed by atoms with Gasteiger partial charge in [0, 0.05) is 38.0 Å². The third-order valence-electron chi connectivity index (χ3n) is 3.46. The first-order chi connectivity index (χ1) is 8.15. The molecule has 96 valence electrons. The zero-order valence-corrected chi connectivity index (χ0v) is 10.6. The molecule has 1 aromatic heterocycles. The van der Waals surface area contributed by atoms with Crippen molar-refractivity contribution in [3.63, 3.8) is 0 Å². The molecular formula is C12H21N3O2. The minimum absolute atomic E-state index is 0.0834. The summed E-state index contributed by atoms with van der Waals surface area (Å²) >= 11 is 0. The van der Waals surface area contributed by atoms with E-state index in [0.29, 0.717) is 6.61 Å². The molecule has 0 spiro atoms. The molecule has 1 atom stereocenters. The van der Waals surface area contributed by atoms with Gasteiger partial charge < -0.3 is 14.4 Å². The molecule has 1 N–H and O–H groups in total. The van der Waals surface area contributed by atoms with Gasteiger partial charge in [-0.05, 0) is 13.5 Å². The molecule has 5 heteroatoms. The fraction of sp³-hybridized carbons (Fsp3) is 0.750. The van der Waals surface area contributed by atoms with Gasteiger partial charge >= 0.3 is 0 Å². The summed E-state index contributed by atoms with van der Waals surface area (Å²) in [7, 11) is 4.06. The Bertz CT molecular complexity index is 358. The van der Waals surface area contributed by atoms with E-state index >= 15 is 0 Å². The Morgan fingerprint density at radius 3 is 3.00 bits per heavy atom. The van der Waals surface area contributed by atoms with Crippen molar-refractivity contribution in [1.29, 1.82) is 0 Å². The maximum atomic E-state index is 9.52. The summed E-state index contributed by atoms with van der Waals surface area (Å²) in [5.41, 5.74) is -0.0834. The van der Waals surface area contributed by atoms with Crippen LogP contribution in [0, 0.1) is 5.41 Å². The number of hydrogen-bond donors (Lipinski definition) is 1. The molecule has 0 radical (unpaired) electrons. The molecule has 0 amide bonds. The van der Waals surface area contributed by atoms with Crippen LogP contribution < -0.4 is 0 Å². The molecule has 2 rings (SSSR count). The first kappa shape index (κ1) is 12.5. The van der Waals surface area contributed by atoms with Crippen molar-refractivity contribution in [2.24, 2.45) is 12.5 Å². The summed E-state index contributed by atoms with van der Waals surface area (Å²) in [4.78, 5) is 6.51. The van der Waals surface area contributed by atoms with Gasteiger partial charge in [-0.15, -0.1) is 0 Å². The monoisotopic (exact) mass is 239 g/mol. The number of aliphatic hydroxyl groups excluding tert-OH is 1. The highest BCUT2D eigenvalue weighted by Gasteiger charge is 2.35. The van der Waals surface area contributed by atoms with Crippen LogP contribution in [0.15, 0.2) is 12.4 Å². The fourth-order valence-electron chi connectivity index (χ4n) is 2.37. The Kier molecular flexibility index (Phi) is 3.81. The Morgan fingerprint density at radius 1 is 1.65 bits per heavy atom. The van der Waals surface area contributed by atoms with E-state index in [1.807, 2.05) is 24.0 Å². The largest absolute Gasteiger partial charge is 0.396 e. The Hall–Kier alpha value is -0.910. The van der Waals surface area contributed by atoms with E-state index < -0.39 is 0 Å². The second kappa shape index (κ2) is 5.16. The summed E-state index contributed by atoms with van der Waals surface area (Å²) in [6.45, 7) is 3.25. The average molecular weight is 239 g/mol. The molecule has 1 aliphatic rings. The van der Waals surface area contributed by atoms with E-state index in [4.69, 9.17) is 4.74 Å². The minimum Gasteiger partial charge on any atom is -0.396 e. The van der Waals surface area contributed by atoms with Gasteiger partial charge in [0.2, 0.25) is 0 Å². The molecule has 2 heterocycles. The highest BCUT2D eigenvalue weighted by atomic mass is 16.5. The molecule has 0 aromatic carbocycles. The molecule has 1 aliphatic heterocycles. The predicted octanol–water partition coefficient (Wildman–Crippen LogP) is 0.251. The number of nitrogens with zero attached hydrogens (tertiary/aromatic N) is 3. The van der Waals surface area contributed by atoms with Crippen LogP contribution in [-0.2, 0) is 18.3 Å². The zero-order valence-electron chi connectivity index (χ0n) is 10.6. The quantitative estimate of drug-likeness (QED) is 0.800. The number of imidazole rings is 1. The summed E-state index contributed by atoms with van der Waals surface area (Å²) in [6.07, 6.45) is 4.70. The zero-order chi connectivity index (χ0) is 12.3. The van der Waals surface area contributed by atoms with Crippen molar-refractivity contribution in [3.05, 3.63) is 18.2 Å². The van der Waals surface area contributed by atoms with E-state index in [1.165, 1.54) is 0 Å². The van der Waals surface area contributed by atoms with E-state index in [-0.39, 0.29) is 12.0 Å². The number of hydrogen-bond acceptors (Lipinski definition) is 4. The molecule has 1 fully saturated rings. The van der Waals surface area contributed by atoms with Crippen LogP contribution in [0.5, 0.6) is 0 Å². The molecule has 1 unspecified atom stereocenters. The van der Waals surface area contributed by atoms with Crippen LogP contribution in [0.3, 0.4) is 0 Å². The van der Waals surface area contributed by atoms with E-state index in [2.05, 4.69) is 16.9 Å².